The number of hydrogen-bond acceptors (Lipinski definition) is 4. The number of aryl methyl sites for hydroxylation is 1. The average Bonchev–Trinajstić information content (AvgIpc) is 2.96. The minimum Gasteiger partial charge on any atom is -0.326 e. The fourth-order valence-electron chi connectivity index (χ4n) is 2.95. The van der Waals surface area contributed by atoms with Gasteiger partial charge in [0.25, 0.3) is 5.78 Å². The van der Waals surface area contributed by atoms with Gasteiger partial charge < -0.3 is 4.90 Å². The Morgan fingerprint density at radius 2 is 2.10 bits per heavy atom. The Morgan fingerprint density at radius 1 is 1.24 bits per heavy atom. The standard InChI is InChI=1S/C15H14ClN5/c1-10-13(16)19-15-17-9-18-21(15)14(10)20-8-4-6-11-5-2-3-7-12(11)20/h2-3,5,7,9H,4,6,8H2,1H3. The Hall–Kier alpha value is -2.14. The van der Waals surface area contributed by atoms with Gasteiger partial charge in [0.2, 0.25) is 0 Å². The summed E-state index contributed by atoms with van der Waals surface area (Å²) in [7, 11) is 0. The second-order valence-electron chi connectivity index (χ2n) is 5.21. The fraction of sp³-hybridized carbons (Fsp3) is 0.267. The van der Waals surface area contributed by atoms with Crippen LogP contribution >= 0.6 is 11.6 Å². The van der Waals surface area contributed by atoms with Crippen LogP contribution in [0.5, 0.6) is 0 Å². The molecule has 1 aromatic carbocycles. The molecule has 0 unspecified atom stereocenters. The molecule has 0 saturated carbocycles. The predicted molar refractivity (Wildman–Crippen MR) is 82.3 cm³/mol. The number of benzene rings is 1. The first kappa shape index (κ1) is 12.6. The van der Waals surface area contributed by atoms with Crippen LogP contribution in [0.2, 0.25) is 5.15 Å². The van der Waals surface area contributed by atoms with E-state index in [0.717, 1.165) is 30.8 Å². The highest BCUT2D eigenvalue weighted by molar-refractivity contribution is 6.30. The van der Waals surface area contributed by atoms with E-state index in [-0.39, 0.29) is 0 Å². The molecule has 0 N–H and O–H groups in total. The molecule has 0 saturated heterocycles. The molecule has 1 aliphatic rings. The van der Waals surface area contributed by atoms with E-state index in [1.807, 2.05) is 6.92 Å². The molecular weight excluding hydrogens is 286 g/mol. The lowest BCUT2D eigenvalue weighted by Crippen LogP contribution is -2.27. The number of fused-ring (bicyclic) bond motifs is 2. The Labute approximate surface area is 127 Å². The summed E-state index contributed by atoms with van der Waals surface area (Å²) in [6.45, 7) is 2.91. The first-order chi connectivity index (χ1) is 10.3. The second kappa shape index (κ2) is 4.70. The van der Waals surface area contributed by atoms with E-state index in [0.29, 0.717) is 10.9 Å². The zero-order valence-corrected chi connectivity index (χ0v) is 12.4. The van der Waals surface area contributed by atoms with Crippen LogP contribution in [0.4, 0.5) is 11.5 Å². The van der Waals surface area contributed by atoms with Gasteiger partial charge >= 0.3 is 0 Å². The van der Waals surface area contributed by atoms with E-state index in [2.05, 4.69) is 44.2 Å². The van der Waals surface area contributed by atoms with E-state index >= 15 is 0 Å². The van der Waals surface area contributed by atoms with Gasteiger partial charge in [-0.05, 0) is 31.4 Å². The van der Waals surface area contributed by atoms with Crippen molar-refractivity contribution in [3.8, 4) is 0 Å². The Kier molecular flexibility index (Phi) is 2.82. The maximum absolute atomic E-state index is 6.28. The van der Waals surface area contributed by atoms with E-state index in [4.69, 9.17) is 11.6 Å². The molecule has 4 rings (SSSR count). The van der Waals surface area contributed by atoms with Crippen molar-refractivity contribution in [2.75, 3.05) is 11.4 Å². The quantitative estimate of drug-likeness (QED) is 0.648. The molecule has 21 heavy (non-hydrogen) atoms. The van der Waals surface area contributed by atoms with Crippen LogP contribution in [-0.4, -0.2) is 26.1 Å². The fourth-order valence-corrected chi connectivity index (χ4v) is 3.11. The topological polar surface area (TPSA) is 46.3 Å². The highest BCUT2D eigenvalue weighted by Gasteiger charge is 2.23. The molecule has 6 heteroatoms. The van der Waals surface area contributed by atoms with Gasteiger partial charge in [-0.15, -0.1) is 0 Å². The largest absolute Gasteiger partial charge is 0.326 e. The van der Waals surface area contributed by atoms with Crippen LogP contribution in [0.25, 0.3) is 5.78 Å². The maximum Gasteiger partial charge on any atom is 0.255 e. The van der Waals surface area contributed by atoms with Gasteiger partial charge in [-0.3, -0.25) is 0 Å². The molecule has 0 amide bonds. The first-order valence-electron chi connectivity index (χ1n) is 6.97. The third kappa shape index (κ3) is 1.88. The average molecular weight is 300 g/mol. The van der Waals surface area contributed by atoms with Crippen molar-refractivity contribution in [3.05, 3.63) is 46.9 Å². The van der Waals surface area contributed by atoms with Crippen LogP contribution in [0.15, 0.2) is 30.6 Å². The van der Waals surface area contributed by atoms with Crippen LogP contribution in [0, 0.1) is 6.92 Å². The minimum absolute atomic E-state index is 0.480. The monoisotopic (exact) mass is 299 g/mol. The maximum atomic E-state index is 6.28. The second-order valence-corrected chi connectivity index (χ2v) is 5.56. The van der Waals surface area contributed by atoms with Crippen LogP contribution in [0.1, 0.15) is 17.5 Å². The summed E-state index contributed by atoms with van der Waals surface area (Å²) >= 11 is 6.28. The van der Waals surface area contributed by atoms with Gasteiger partial charge in [-0.25, -0.2) is 0 Å². The zero-order valence-electron chi connectivity index (χ0n) is 11.6. The number of hydrogen-bond donors (Lipinski definition) is 0. The van der Waals surface area contributed by atoms with Crippen molar-refractivity contribution in [1.82, 2.24) is 19.6 Å². The normalized spacial score (nSPS) is 14.5. The molecule has 0 radical (unpaired) electrons. The highest BCUT2D eigenvalue weighted by Crippen LogP contribution is 2.36. The van der Waals surface area contributed by atoms with Crippen molar-refractivity contribution >= 4 is 28.9 Å². The van der Waals surface area contributed by atoms with Crippen LogP contribution in [0.3, 0.4) is 0 Å². The van der Waals surface area contributed by atoms with Gasteiger partial charge in [-0.1, -0.05) is 29.8 Å². The third-order valence-electron chi connectivity index (χ3n) is 3.94. The minimum atomic E-state index is 0.480. The molecule has 106 valence electrons. The summed E-state index contributed by atoms with van der Waals surface area (Å²) < 4.78 is 1.77. The number of rotatable bonds is 1. The lowest BCUT2D eigenvalue weighted by Gasteiger charge is -2.32. The Balaban J connectivity index is 1.99. The van der Waals surface area contributed by atoms with Gasteiger partial charge in [0.05, 0.1) is 0 Å². The van der Waals surface area contributed by atoms with Gasteiger partial charge in [0, 0.05) is 17.8 Å². The number of para-hydroxylation sites is 1. The molecule has 3 heterocycles. The molecule has 5 nitrogen and oxygen atoms in total. The molecule has 3 aromatic rings. The molecule has 0 aliphatic carbocycles. The van der Waals surface area contributed by atoms with Crippen molar-refractivity contribution in [2.45, 2.75) is 19.8 Å². The molecular formula is C15H14ClN5. The summed E-state index contributed by atoms with van der Waals surface area (Å²) in [5.41, 5.74) is 3.49. The summed E-state index contributed by atoms with van der Waals surface area (Å²) in [5.74, 6) is 1.48. The molecule has 2 aromatic heterocycles. The summed E-state index contributed by atoms with van der Waals surface area (Å²) in [4.78, 5) is 10.7. The van der Waals surface area contributed by atoms with E-state index in [1.165, 1.54) is 17.6 Å². The van der Waals surface area contributed by atoms with Gasteiger partial charge in [0.1, 0.15) is 17.3 Å². The van der Waals surface area contributed by atoms with Crippen LogP contribution in [-0.2, 0) is 6.42 Å². The van der Waals surface area contributed by atoms with Crippen molar-refractivity contribution in [1.29, 1.82) is 0 Å². The van der Waals surface area contributed by atoms with Gasteiger partial charge in [-0.2, -0.15) is 19.6 Å². The third-order valence-corrected chi connectivity index (χ3v) is 4.31. The van der Waals surface area contributed by atoms with Crippen LogP contribution < -0.4 is 4.90 Å². The zero-order chi connectivity index (χ0) is 14.4. The van der Waals surface area contributed by atoms with Crippen molar-refractivity contribution < 1.29 is 0 Å². The van der Waals surface area contributed by atoms with E-state index in [9.17, 15) is 0 Å². The summed E-state index contributed by atoms with van der Waals surface area (Å²) in [6, 6.07) is 8.47. The number of nitrogens with zero attached hydrogens (tertiary/aromatic N) is 5. The molecule has 0 spiro atoms. The lowest BCUT2D eigenvalue weighted by atomic mass is 10.0. The van der Waals surface area contributed by atoms with Crippen molar-refractivity contribution in [3.63, 3.8) is 0 Å². The van der Waals surface area contributed by atoms with E-state index < -0.39 is 0 Å². The number of halogens is 1. The van der Waals surface area contributed by atoms with Gasteiger partial charge in [0.15, 0.2) is 0 Å². The molecule has 0 atom stereocenters. The summed E-state index contributed by atoms with van der Waals surface area (Å²) in [6.07, 6.45) is 3.72. The molecule has 0 bridgehead atoms. The first-order valence-corrected chi connectivity index (χ1v) is 7.35. The summed E-state index contributed by atoms with van der Waals surface area (Å²) in [5, 5.41) is 4.79. The highest BCUT2D eigenvalue weighted by atomic mass is 35.5. The lowest BCUT2D eigenvalue weighted by molar-refractivity contribution is 0.741. The Morgan fingerprint density at radius 3 is 3.00 bits per heavy atom. The van der Waals surface area contributed by atoms with Crippen molar-refractivity contribution in [2.24, 2.45) is 0 Å². The van der Waals surface area contributed by atoms with E-state index in [1.54, 1.807) is 4.52 Å². The Bertz CT molecular complexity index is 826. The SMILES string of the molecule is Cc1c(Cl)nc2ncnn2c1N1CCCc2ccccc21. The molecule has 0 fully saturated rings. The predicted octanol–water partition coefficient (Wildman–Crippen LogP) is 3.17. The smallest absolute Gasteiger partial charge is 0.255 e. The number of aromatic nitrogens is 4. The number of anilines is 2. The molecule has 1 aliphatic heterocycles.